The molecule has 0 bridgehead atoms. The summed E-state index contributed by atoms with van der Waals surface area (Å²) in [5, 5.41) is 113. The van der Waals surface area contributed by atoms with Crippen molar-refractivity contribution in [3.05, 3.63) is 25.3 Å². The van der Waals surface area contributed by atoms with Gasteiger partial charge in [-0.1, -0.05) is 150 Å². The summed E-state index contributed by atoms with van der Waals surface area (Å²) in [7, 11) is 0. The number of rotatable bonds is 22. The molecule has 0 saturated carbocycles. The van der Waals surface area contributed by atoms with Gasteiger partial charge in [0.25, 0.3) is 0 Å². The first-order chi connectivity index (χ1) is 43.6. The molecule has 0 aliphatic carbocycles. The van der Waals surface area contributed by atoms with E-state index in [4.69, 9.17) is 78.4 Å². The van der Waals surface area contributed by atoms with Gasteiger partial charge in [-0.15, -0.1) is 13.2 Å². The van der Waals surface area contributed by atoms with Crippen molar-refractivity contribution in [2.45, 2.75) is 170 Å². The number of hydrogen-bond acceptors (Lipinski definition) is 16. The van der Waals surface area contributed by atoms with Gasteiger partial charge in [0.2, 0.25) is 0 Å². The van der Waals surface area contributed by atoms with E-state index in [9.17, 15) is 0 Å². The summed E-state index contributed by atoms with van der Waals surface area (Å²) in [6, 6.07) is 0. The van der Waals surface area contributed by atoms with Crippen LogP contribution in [-0.4, -0.2) is 185 Å². The summed E-state index contributed by atoms with van der Waals surface area (Å²) in [6.45, 7) is 16.5. The number of aliphatic hydroxyl groups excluding tert-OH is 14. The molecule has 0 radical (unpaired) electrons. The fraction of sp³-hybridized carbons (Fsp3) is 0.909. The molecule has 0 aliphatic rings. The molecule has 693 valence electrons. The average molecular weight is 3820 g/mol. The van der Waals surface area contributed by atoms with Gasteiger partial charge in [-0.3, -0.25) is 0 Å². The van der Waals surface area contributed by atoms with Crippen molar-refractivity contribution >= 4 is 324 Å². The van der Waals surface area contributed by atoms with Crippen molar-refractivity contribution in [1.29, 1.82) is 0 Å². The van der Waals surface area contributed by atoms with Crippen molar-refractivity contribution < 1.29 is 276 Å². The molecule has 0 fully saturated rings. The summed E-state index contributed by atoms with van der Waals surface area (Å²) in [5.41, 5.74) is 0. The summed E-state index contributed by atoms with van der Waals surface area (Å²) in [4.78, 5) is 0.485. The zero-order valence-corrected chi connectivity index (χ0v) is 101. The second kappa shape index (κ2) is 356. The van der Waals surface area contributed by atoms with Crippen LogP contribution in [0.3, 0.4) is 0 Å². The third-order valence-corrected chi connectivity index (χ3v) is 6.77. The topological polar surface area (TPSA) is 324 Å². The third kappa shape index (κ3) is 678. The van der Waals surface area contributed by atoms with E-state index in [2.05, 4.69) is 437 Å². The first-order valence-electron chi connectivity index (χ1n) is 21.7. The molecule has 0 rings (SSSR count). The maximum atomic E-state index is 8.65. The predicted molar refractivity (Wildman–Crippen MR) is 464 cm³/mol. The molecule has 0 saturated heterocycles. The Morgan fingerprint density at radius 1 is 0.320 bits per heavy atom. The molecular weight excluding hydrogens is 3700 g/mol. The monoisotopic (exact) mass is 3790 g/mol. The van der Waals surface area contributed by atoms with E-state index in [0.717, 1.165) is 64.2 Å². The Bertz CT molecular complexity index is 681. The molecule has 0 aromatic rings. The first-order valence-corrected chi connectivity index (χ1v) is 83.0. The predicted octanol–water partition coefficient (Wildman–Crippen LogP) is 14.2. The summed E-state index contributed by atoms with van der Waals surface area (Å²) >= 11 is 96.6. The Balaban J connectivity index is -0.0000000176. The SMILES string of the molecule is Br[I-]Br.C.C.C.C.C.C.C=CCO.C=CCO.CCC.CCO.CCO.OCC(Br)CCCC(Br)CO.OCCC(Br)CO.OCCCCCCCO.OCCCCO.OCCCO.O[I-]Br.O[I-]Br.[Br][Cu][Br].[Br][Cu][Br].[Br][Cu][Br].[Br][Cu][Br].[Br][Cu][Br].[Cu][Br].[Cu][Br].[Cu][Br].[Cu][Br].[Cu][Br].[Cu][Br]. The van der Waals surface area contributed by atoms with Crippen LogP contribution in [0.25, 0.3) is 0 Å². The van der Waals surface area contributed by atoms with Crippen molar-refractivity contribution in [2.75, 3.05) is 92.5 Å². The molecule has 16 N–H and O–H groups in total. The van der Waals surface area contributed by atoms with E-state index >= 15 is 0 Å². The molecule has 0 aromatic carbocycles. The van der Waals surface area contributed by atoms with Crippen molar-refractivity contribution in [3.8, 4) is 0 Å². The Morgan fingerprint density at radius 2 is 0.433 bits per heavy atom. The molecule has 0 heterocycles. The number of alkyl halides is 3. The van der Waals surface area contributed by atoms with Gasteiger partial charge in [-0.05, 0) is 65.2 Å². The third-order valence-electron chi connectivity index (χ3n) is 4.53. The fourth-order valence-electron chi connectivity index (χ4n) is 2.02. The fourth-order valence-corrected chi connectivity index (χ4v) is 2.88. The van der Waals surface area contributed by atoms with Gasteiger partial charge in [0.1, 0.15) is 0 Å². The van der Waals surface area contributed by atoms with Crippen LogP contribution >= 0.6 is 324 Å². The van der Waals surface area contributed by atoms with Gasteiger partial charge in [-0.25, -0.2) is 0 Å². The maximum absolute atomic E-state index is 8.65. The van der Waals surface area contributed by atoms with E-state index in [1.807, 2.05) is 0 Å². The number of halogens is 26. The minimum atomic E-state index is -0.597. The molecule has 0 aliphatic heterocycles. The summed E-state index contributed by atoms with van der Waals surface area (Å²) < 4.78 is 15.2. The summed E-state index contributed by atoms with van der Waals surface area (Å²) in [6.07, 6.45) is 14.7. The van der Waals surface area contributed by atoms with E-state index in [0.29, 0.717) is 26.1 Å². The Hall–Kier alpha value is 17.8. The molecule has 16 nitrogen and oxygen atoms in total. The van der Waals surface area contributed by atoms with E-state index < -0.39 is 38.8 Å². The normalized spacial score (nSPS) is 8.11. The zero-order valence-electron chi connectivity index (χ0n) is 47.7. The van der Waals surface area contributed by atoms with E-state index in [-0.39, 0.29) is 155 Å². The van der Waals surface area contributed by atoms with E-state index in [1.54, 1.807) is 13.8 Å². The standard InChI is InChI=1S/C7H14Br2O2.C7H16O2.C4H9BrO2.C4H10O2.C3H8O2.2C3H6O.C3H8.2C2H6O.6CH4.Br2I.2BrHIO.16BrH.11Cu/c8-6(4-10)2-1-3-7(9)5-11;8-6-4-2-1-3-5-7-9;5-4(3-7)1-2-6;5-3-1-2-4-6;4-2-1-3-5;2*1-2-3-4;1-3-2;2*1-2-3;;;;;;;1-3-2;2*1-2-3;;;;;;;;;;;;;;;;;;;;;;;;;;;/h6-7,10-11H,1-5H2;8-9H,1-7H2;4,6-7H,1-3H2;5-6H,1-4H2;4-5H,1-3H2;2*2,4H,1,3H2;3H2,1-2H3;2*3H,2H2,1H3;6*1H4;;2*3H;16*1H;;;;;;;;;;;/q;;;;;;;;;;;;;;;;3*-1;;;;;;;;;;;;;;;;;6*+1;5*+2/p-16. The van der Waals surface area contributed by atoms with Crippen LogP contribution in [0, 0.1) is 0 Å². The van der Waals surface area contributed by atoms with Gasteiger partial charge < -0.3 is 71.5 Å². The van der Waals surface area contributed by atoms with Crippen molar-refractivity contribution in [2.24, 2.45) is 0 Å². The summed E-state index contributed by atoms with van der Waals surface area (Å²) in [5.74, 6) is 0. The Kier molecular flexibility index (Phi) is 758. The number of aliphatic hydroxyl groups is 14. The zero-order chi connectivity index (χ0) is 78.9. The van der Waals surface area contributed by atoms with Crippen LogP contribution in [0.5, 0.6) is 0 Å². The van der Waals surface area contributed by atoms with Crippen molar-refractivity contribution in [3.63, 3.8) is 0 Å². The second-order valence-corrected chi connectivity index (χ2v) is 52.3. The van der Waals surface area contributed by atoms with Gasteiger partial charge in [0.05, 0.1) is 33.0 Å². The minimum absolute atomic E-state index is 0. The molecule has 53 heteroatoms. The van der Waals surface area contributed by atoms with Crippen LogP contribution in [0.1, 0.15) is 156 Å². The van der Waals surface area contributed by atoms with Crippen LogP contribution in [0.4, 0.5) is 0 Å². The molecule has 0 amide bonds. The number of unbranched alkanes of at least 4 members (excludes halogenated alkanes) is 5. The number of hydrogen-bond donors (Lipinski definition) is 16. The molecule has 3 unspecified atom stereocenters. The van der Waals surface area contributed by atoms with Gasteiger partial charge in [0.15, 0.2) is 0 Å². The Morgan fingerprint density at radius 3 is 0.515 bits per heavy atom. The molecular formula is C44H115Br23Cu11I3O16-3. The molecule has 0 spiro atoms. The van der Waals surface area contributed by atoms with Crippen LogP contribution in [0.2, 0.25) is 0 Å². The van der Waals surface area contributed by atoms with Crippen molar-refractivity contribution in [1.82, 2.24) is 0 Å². The van der Waals surface area contributed by atoms with E-state index in [1.165, 1.54) is 75.3 Å². The average Bonchev–Trinajstić information content (AvgIpc) is 3.60. The van der Waals surface area contributed by atoms with Crippen LogP contribution in [0.15, 0.2) is 25.3 Å². The first kappa shape index (κ1) is 207. The Labute approximate surface area is 869 Å². The van der Waals surface area contributed by atoms with Gasteiger partial charge >= 0.3 is 481 Å². The van der Waals surface area contributed by atoms with Crippen LogP contribution < -0.4 is 55.5 Å². The van der Waals surface area contributed by atoms with Crippen LogP contribution in [-0.2, 0) is 142 Å². The van der Waals surface area contributed by atoms with Gasteiger partial charge in [-0.2, -0.15) is 0 Å². The molecule has 0 aromatic heterocycles. The quantitative estimate of drug-likeness (QED) is 0.0157. The second-order valence-electron chi connectivity index (χ2n) is 10.6. The molecule has 97 heavy (non-hydrogen) atoms. The van der Waals surface area contributed by atoms with Gasteiger partial charge in [0, 0.05) is 73.9 Å². The molecule has 3 atom stereocenters.